The Bertz CT molecular complexity index is 617. The van der Waals surface area contributed by atoms with Crippen LogP contribution in [-0.2, 0) is 0 Å². The van der Waals surface area contributed by atoms with Gasteiger partial charge in [-0.1, -0.05) is 24.3 Å². The molecule has 2 aromatic carbocycles. The number of carbonyl (C=O) groups excluding carboxylic acids is 2. The van der Waals surface area contributed by atoms with E-state index in [1.54, 1.807) is 48.5 Å². The molecule has 0 heterocycles. The minimum Gasteiger partial charge on any atom is -0.496 e. The summed E-state index contributed by atoms with van der Waals surface area (Å²) in [4.78, 5) is 24.5. The van der Waals surface area contributed by atoms with Crippen molar-refractivity contribution in [3.8, 4) is 11.5 Å². The van der Waals surface area contributed by atoms with Crippen molar-refractivity contribution in [1.82, 2.24) is 0 Å². The van der Waals surface area contributed by atoms with Crippen molar-refractivity contribution in [3.05, 3.63) is 59.7 Å². The first kappa shape index (κ1) is 15.8. The first-order valence-electron chi connectivity index (χ1n) is 6.99. The monoisotopic (exact) mass is 298 g/mol. The van der Waals surface area contributed by atoms with E-state index in [0.717, 1.165) is 0 Å². The Kier molecular flexibility index (Phi) is 5.31. The van der Waals surface area contributed by atoms with Crippen LogP contribution >= 0.6 is 0 Å². The summed E-state index contributed by atoms with van der Waals surface area (Å²) in [5.74, 6) is 0.830. The van der Waals surface area contributed by atoms with Crippen molar-refractivity contribution in [2.45, 2.75) is 12.8 Å². The lowest BCUT2D eigenvalue weighted by atomic mass is 10.0. The van der Waals surface area contributed by atoms with Gasteiger partial charge in [0.2, 0.25) is 0 Å². The topological polar surface area (TPSA) is 52.6 Å². The van der Waals surface area contributed by atoms with Crippen LogP contribution in [0.4, 0.5) is 0 Å². The number of ether oxygens (including phenoxy) is 2. The normalized spacial score (nSPS) is 10.1. The number of para-hydroxylation sites is 2. The molecular formula is C18H18O4. The lowest BCUT2D eigenvalue weighted by molar-refractivity contribution is 0.0914. The van der Waals surface area contributed by atoms with Crippen molar-refractivity contribution in [1.29, 1.82) is 0 Å². The maximum absolute atomic E-state index is 12.3. The first-order chi connectivity index (χ1) is 10.7. The Morgan fingerprint density at radius 2 is 1.09 bits per heavy atom. The Hall–Kier alpha value is -2.62. The minimum atomic E-state index is -0.110. The average Bonchev–Trinajstić information content (AvgIpc) is 2.59. The third kappa shape index (κ3) is 3.52. The lowest BCUT2D eigenvalue weighted by Gasteiger charge is -2.08. The highest BCUT2D eigenvalue weighted by Gasteiger charge is 2.16. The number of hydrogen-bond acceptors (Lipinski definition) is 4. The van der Waals surface area contributed by atoms with Gasteiger partial charge < -0.3 is 9.47 Å². The van der Waals surface area contributed by atoms with Crippen LogP contribution in [0.15, 0.2) is 48.5 Å². The zero-order chi connectivity index (χ0) is 15.9. The summed E-state index contributed by atoms with van der Waals surface area (Å²) >= 11 is 0. The van der Waals surface area contributed by atoms with Gasteiger partial charge in [-0.25, -0.2) is 0 Å². The summed E-state index contributed by atoms with van der Waals surface area (Å²) in [5, 5.41) is 0. The molecule has 0 atom stereocenters. The molecule has 22 heavy (non-hydrogen) atoms. The molecule has 0 aliphatic rings. The van der Waals surface area contributed by atoms with Crippen molar-refractivity contribution >= 4 is 11.6 Å². The maximum Gasteiger partial charge on any atom is 0.167 e. The molecule has 0 fully saturated rings. The fourth-order valence-corrected chi connectivity index (χ4v) is 2.25. The predicted octanol–water partition coefficient (Wildman–Crippen LogP) is 3.55. The Balaban J connectivity index is 2.06. The first-order valence-corrected chi connectivity index (χ1v) is 6.99. The second-order valence-corrected chi connectivity index (χ2v) is 4.75. The number of ketones is 2. The van der Waals surface area contributed by atoms with Crippen LogP contribution in [-0.4, -0.2) is 25.8 Å². The number of Topliss-reactive ketones (excluding diaryl/α,β-unsaturated/α-hetero) is 2. The van der Waals surface area contributed by atoms with Crippen LogP contribution in [0.2, 0.25) is 0 Å². The van der Waals surface area contributed by atoms with Gasteiger partial charge >= 0.3 is 0 Å². The molecule has 0 radical (unpaired) electrons. The van der Waals surface area contributed by atoms with Crippen LogP contribution in [0.1, 0.15) is 33.6 Å². The summed E-state index contributed by atoms with van der Waals surface area (Å²) in [7, 11) is 3.04. The highest BCUT2D eigenvalue weighted by atomic mass is 16.5. The largest absolute Gasteiger partial charge is 0.496 e. The second-order valence-electron chi connectivity index (χ2n) is 4.75. The van der Waals surface area contributed by atoms with Crippen molar-refractivity contribution in [3.63, 3.8) is 0 Å². The molecule has 0 aromatic heterocycles. The summed E-state index contributed by atoms with van der Waals surface area (Å²) in [6, 6.07) is 14.0. The molecule has 0 saturated heterocycles. The molecule has 0 aliphatic carbocycles. The van der Waals surface area contributed by atoms with Crippen LogP contribution in [0.5, 0.6) is 11.5 Å². The average molecular weight is 298 g/mol. The molecule has 0 saturated carbocycles. The van der Waals surface area contributed by atoms with Gasteiger partial charge in [0, 0.05) is 12.8 Å². The number of carbonyl (C=O) groups is 2. The molecule has 0 aliphatic heterocycles. The van der Waals surface area contributed by atoms with E-state index in [-0.39, 0.29) is 24.4 Å². The van der Waals surface area contributed by atoms with Gasteiger partial charge in [-0.15, -0.1) is 0 Å². The molecule has 2 aromatic rings. The number of rotatable bonds is 7. The Morgan fingerprint density at radius 1 is 0.727 bits per heavy atom. The molecule has 0 unspecified atom stereocenters. The smallest absolute Gasteiger partial charge is 0.167 e. The van der Waals surface area contributed by atoms with Crippen LogP contribution < -0.4 is 9.47 Å². The third-order valence-corrected chi connectivity index (χ3v) is 3.39. The highest BCUT2D eigenvalue weighted by molar-refractivity contribution is 6.04. The van der Waals surface area contributed by atoms with Gasteiger partial charge in [0.1, 0.15) is 11.5 Å². The standard InChI is InChI=1S/C18H18O4/c1-21-17-9-5-3-7-13(17)15(19)11-12-16(20)14-8-4-6-10-18(14)22-2/h3-10H,11-12H2,1-2H3. The van der Waals surface area contributed by atoms with Gasteiger partial charge in [0.05, 0.1) is 25.3 Å². The zero-order valence-electron chi connectivity index (χ0n) is 12.7. The molecular weight excluding hydrogens is 280 g/mol. The highest BCUT2D eigenvalue weighted by Crippen LogP contribution is 2.22. The Labute approximate surface area is 129 Å². The van der Waals surface area contributed by atoms with Crippen LogP contribution in [0.25, 0.3) is 0 Å². The maximum atomic E-state index is 12.3. The fourth-order valence-electron chi connectivity index (χ4n) is 2.25. The molecule has 114 valence electrons. The van der Waals surface area contributed by atoms with E-state index in [1.165, 1.54) is 14.2 Å². The summed E-state index contributed by atoms with van der Waals surface area (Å²) in [6.07, 6.45) is 0.272. The number of hydrogen-bond donors (Lipinski definition) is 0. The minimum absolute atomic E-state index is 0.110. The zero-order valence-corrected chi connectivity index (χ0v) is 12.7. The van der Waals surface area contributed by atoms with E-state index in [0.29, 0.717) is 22.6 Å². The van der Waals surface area contributed by atoms with E-state index >= 15 is 0 Å². The third-order valence-electron chi connectivity index (χ3n) is 3.39. The number of methoxy groups -OCH3 is 2. The van der Waals surface area contributed by atoms with Crippen molar-refractivity contribution < 1.29 is 19.1 Å². The van der Waals surface area contributed by atoms with Crippen LogP contribution in [0, 0.1) is 0 Å². The summed E-state index contributed by atoms with van der Waals surface area (Å²) < 4.78 is 10.3. The van der Waals surface area contributed by atoms with Crippen molar-refractivity contribution in [2.24, 2.45) is 0 Å². The Morgan fingerprint density at radius 3 is 1.45 bits per heavy atom. The summed E-state index contributed by atoms with van der Waals surface area (Å²) in [6.45, 7) is 0. The second kappa shape index (κ2) is 7.41. The predicted molar refractivity (Wildman–Crippen MR) is 83.9 cm³/mol. The van der Waals surface area contributed by atoms with E-state index in [1.807, 2.05) is 0 Å². The van der Waals surface area contributed by atoms with E-state index in [2.05, 4.69) is 0 Å². The van der Waals surface area contributed by atoms with E-state index in [9.17, 15) is 9.59 Å². The number of benzene rings is 2. The van der Waals surface area contributed by atoms with Gasteiger partial charge in [0.25, 0.3) is 0 Å². The molecule has 0 N–H and O–H groups in total. The molecule has 0 bridgehead atoms. The van der Waals surface area contributed by atoms with Crippen LogP contribution in [0.3, 0.4) is 0 Å². The van der Waals surface area contributed by atoms with Gasteiger partial charge in [-0.05, 0) is 24.3 Å². The van der Waals surface area contributed by atoms with Gasteiger partial charge in [-0.2, -0.15) is 0 Å². The molecule has 4 heteroatoms. The molecule has 4 nitrogen and oxygen atoms in total. The fraction of sp³-hybridized carbons (Fsp3) is 0.222. The van der Waals surface area contributed by atoms with Gasteiger partial charge in [0.15, 0.2) is 11.6 Å². The molecule has 0 amide bonds. The SMILES string of the molecule is COc1ccccc1C(=O)CCC(=O)c1ccccc1OC. The molecule has 2 rings (SSSR count). The lowest BCUT2D eigenvalue weighted by Crippen LogP contribution is -2.07. The molecule has 0 spiro atoms. The van der Waals surface area contributed by atoms with Gasteiger partial charge in [-0.3, -0.25) is 9.59 Å². The summed E-state index contributed by atoms with van der Waals surface area (Å²) in [5.41, 5.74) is 0.996. The van der Waals surface area contributed by atoms with E-state index < -0.39 is 0 Å². The quantitative estimate of drug-likeness (QED) is 0.734. The van der Waals surface area contributed by atoms with E-state index in [4.69, 9.17) is 9.47 Å². The van der Waals surface area contributed by atoms with Crippen molar-refractivity contribution in [2.75, 3.05) is 14.2 Å².